The highest BCUT2D eigenvalue weighted by atomic mass is 32.2. The summed E-state index contributed by atoms with van der Waals surface area (Å²) in [7, 11) is -2.41. The molecule has 0 aliphatic rings. The van der Waals surface area contributed by atoms with Gasteiger partial charge in [-0.1, -0.05) is 17.3 Å². The molecule has 1 amide bonds. The van der Waals surface area contributed by atoms with Gasteiger partial charge in [-0.25, -0.2) is 8.42 Å². The van der Waals surface area contributed by atoms with Crippen molar-refractivity contribution in [1.82, 2.24) is 5.16 Å². The third-order valence-electron chi connectivity index (χ3n) is 3.33. The van der Waals surface area contributed by atoms with Crippen molar-refractivity contribution in [2.75, 3.05) is 17.1 Å². The van der Waals surface area contributed by atoms with Crippen LogP contribution in [0.3, 0.4) is 0 Å². The van der Waals surface area contributed by atoms with Gasteiger partial charge in [0.25, 0.3) is 15.9 Å². The van der Waals surface area contributed by atoms with Crippen molar-refractivity contribution in [3.8, 4) is 5.75 Å². The number of aromatic nitrogens is 1. The Morgan fingerprint density at radius 2 is 2.04 bits per heavy atom. The summed E-state index contributed by atoms with van der Waals surface area (Å²) in [5.41, 5.74) is 0.310. The van der Waals surface area contributed by atoms with Crippen LogP contribution in [-0.2, 0) is 10.0 Å². The molecule has 26 heavy (non-hydrogen) atoms. The van der Waals surface area contributed by atoms with Crippen molar-refractivity contribution >= 4 is 38.8 Å². The number of nitrogens with one attached hydrogen (secondary N) is 2. The highest BCUT2D eigenvalue weighted by molar-refractivity contribution is 7.92. The minimum Gasteiger partial charge on any atom is -0.495 e. The molecule has 0 aliphatic heterocycles. The maximum absolute atomic E-state index is 12.5. The van der Waals surface area contributed by atoms with Gasteiger partial charge < -0.3 is 14.6 Å². The Morgan fingerprint density at radius 1 is 1.27 bits per heavy atom. The normalized spacial score (nSPS) is 11.2. The van der Waals surface area contributed by atoms with Crippen LogP contribution in [0, 0.1) is 6.92 Å². The fourth-order valence-corrected chi connectivity index (χ4v) is 4.35. The molecule has 0 unspecified atom stereocenters. The number of para-hydroxylation sites is 2. The summed E-state index contributed by atoms with van der Waals surface area (Å²) < 4.78 is 37.6. The first-order valence-electron chi connectivity index (χ1n) is 7.38. The number of amides is 1. The molecular formula is C16H15N3O5S2. The van der Waals surface area contributed by atoms with Crippen LogP contribution in [0.5, 0.6) is 5.75 Å². The number of carbonyl (C=O) groups excluding carboxylic acids is 1. The predicted molar refractivity (Wildman–Crippen MR) is 97.3 cm³/mol. The molecule has 1 aromatic carbocycles. The van der Waals surface area contributed by atoms with E-state index in [9.17, 15) is 13.2 Å². The molecule has 0 saturated carbocycles. The molecule has 0 bridgehead atoms. The third kappa shape index (κ3) is 3.86. The molecule has 2 aromatic heterocycles. The number of nitrogens with zero attached hydrogens (tertiary/aromatic N) is 1. The standard InChI is InChI=1S/C16H15N3O5S2/c1-10-7-15(18-24-10)17-16(20)14-8-11(9-25-14)26(21,22)19-12-5-3-4-6-13(12)23-2/h3-9,19H,1-2H3,(H,17,18,20). The number of rotatable bonds is 6. The first kappa shape index (κ1) is 18.0. The zero-order valence-electron chi connectivity index (χ0n) is 13.8. The van der Waals surface area contributed by atoms with E-state index < -0.39 is 15.9 Å². The Hall–Kier alpha value is -2.85. The van der Waals surface area contributed by atoms with Crippen molar-refractivity contribution in [2.24, 2.45) is 0 Å². The van der Waals surface area contributed by atoms with E-state index in [2.05, 4.69) is 15.2 Å². The summed E-state index contributed by atoms with van der Waals surface area (Å²) in [6.45, 7) is 1.70. The predicted octanol–water partition coefficient (Wildman–Crippen LogP) is 3.11. The average Bonchev–Trinajstić information content (AvgIpc) is 3.25. The summed E-state index contributed by atoms with van der Waals surface area (Å²) >= 11 is 1.01. The maximum atomic E-state index is 12.5. The van der Waals surface area contributed by atoms with Crippen molar-refractivity contribution in [3.63, 3.8) is 0 Å². The number of hydrogen-bond donors (Lipinski definition) is 2. The smallest absolute Gasteiger partial charge is 0.267 e. The van der Waals surface area contributed by atoms with Crippen LogP contribution in [0.1, 0.15) is 15.4 Å². The second-order valence-corrected chi connectivity index (χ2v) is 7.82. The van der Waals surface area contributed by atoms with Gasteiger partial charge in [-0.15, -0.1) is 11.3 Å². The molecule has 2 N–H and O–H groups in total. The van der Waals surface area contributed by atoms with Gasteiger partial charge in [-0.05, 0) is 25.1 Å². The molecule has 0 radical (unpaired) electrons. The number of ether oxygens (including phenoxy) is 1. The van der Waals surface area contributed by atoms with E-state index in [0.717, 1.165) is 11.3 Å². The largest absolute Gasteiger partial charge is 0.495 e. The van der Waals surface area contributed by atoms with Gasteiger partial charge in [0.1, 0.15) is 11.5 Å². The van der Waals surface area contributed by atoms with E-state index in [-0.39, 0.29) is 15.6 Å². The van der Waals surface area contributed by atoms with Crippen LogP contribution in [0.25, 0.3) is 0 Å². The molecule has 8 nitrogen and oxygen atoms in total. The van der Waals surface area contributed by atoms with Gasteiger partial charge in [0, 0.05) is 11.4 Å². The number of hydrogen-bond acceptors (Lipinski definition) is 7. The van der Waals surface area contributed by atoms with Crippen molar-refractivity contribution in [3.05, 3.63) is 52.4 Å². The summed E-state index contributed by atoms with van der Waals surface area (Å²) in [5.74, 6) is 0.737. The first-order chi connectivity index (χ1) is 12.4. The van der Waals surface area contributed by atoms with E-state index >= 15 is 0 Å². The van der Waals surface area contributed by atoms with Crippen molar-refractivity contribution in [1.29, 1.82) is 0 Å². The van der Waals surface area contributed by atoms with Gasteiger partial charge in [0.2, 0.25) is 0 Å². The lowest BCUT2D eigenvalue weighted by atomic mass is 10.3. The number of anilines is 2. The molecule has 0 atom stereocenters. The summed E-state index contributed by atoms with van der Waals surface area (Å²) in [6, 6.07) is 9.51. The number of carbonyl (C=O) groups is 1. The van der Waals surface area contributed by atoms with E-state index in [1.165, 1.54) is 18.6 Å². The maximum Gasteiger partial charge on any atom is 0.267 e. The Morgan fingerprint density at radius 3 is 2.73 bits per heavy atom. The van der Waals surface area contributed by atoms with Crippen LogP contribution in [0.4, 0.5) is 11.5 Å². The molecular weight excluding hydrogens is 378 g/mol. The summed E-state index contributed by atoms with van der Waals surface area (Å²) in [4.78, 5) is 12.4. The number of methoxy groups -OCH3 is 1. The number of aryl methyl sites for hydroxylation is 1. The Labute approximate surface area is 153 Å². The fraction of sp³-hybridized carbons (Fsp3) is 0.125. The molecule has 0 fully saturated rings. The number of sulfonamides is 1. The Balaban J connectivity index is 1.78. The first-order valence-corrected chi connectivity index (χ1v) is 9.74. The van der Waals surface area contributed by atoms with Gasteiger partial charge in [0.15, 0.2) is 5.82 Å². The highest BCUT2D eigenvalue weighted by Crippen LogP contribution is 2.28. The Kier molecular flexibility index (Phi) is 4.96. The van der Waals surface area contributed by atoms with Crippen LogP contribution in [0.2, 0.25) is 0 Å². The molecule has 3 aromatic rings. The highest BCUT2D eigenvalue weighted by Gasteiger charge is 2.20. The lowest BCUT2D eigenvalue weighted by Gasteiger charge is -2.10. The molecule has 2 heterocycles. The fourth-order valence-electron chi connectivity index (χ4n) is 2.11. The molecule has 136 valence electrons. The zero-order chi connectivity index (χ0) is 18.7. The SMILES string of the molecule is COc1ccccc1NS(=O)(=O)c1csc(C(=O)Nc2cc(C)on2)c1. The van der Waals surface area contributed by atoms with Crippen LogP contribution >= 0.6 is 11.3 Å². The zero-order valence-corrected chi connectivity index (χ0v) is 15.5. The summed E-state index contributed by atoms with van der Waals surface area (Å²) in [6.07, 6.45) is 0. The van der Waals surface area contributed by atoms with Gasteiger partial charge in [-0.2, -0.15) is 0 Å². The molecule has 0 saturated heterocycles. The van der Waals surface area contributed by atoms with E-state index in [4.69, 9.17) is 9.26 Å². The lowest BCUT2D eigenvalue weighted by Crippen LogP contribution is -2.13. The third-order valence-corrected chi connectivity index (χ3v) is 5.75. The van der Waals surface area contributed by atoms with E-state index in [0.29, 0.717) is 17.2 Å². The van der Waals surface area contributed by atoms with Gasteiger partial charge in [-0.3, -0.25) is 9.52 Å². The molecule has 0 spiro atoms. The van der Waals surface area contributed by atoms with Gasteiger partial charge >= 0.3 is 0 Å². The lowest BCUT2D eigenvalue weighted by molar-refractivity contribution is 0.102. The van der Waals surface area contributed by atoms with Gasteiger partial charge in [0.05, 0.1) is 22.6 Å². The molecule has 3 rings (SSSR count). The van der Waals surface area contributed by atoms with E-state index in [1.807, 2.05) is 0 Å². The van der Waals surface area contributed by atoms with Crippen molar-refractivity contribution < 1.29 is 22.5 Å². The summed E-state index contributed by atoms with van der Waals surface area (Å²) in [5, 5.41) is 7.60. The topological polar surface area (TPSA) is 111 Å². The van der Waals surface area contributed by atoms with Crippen LogP contribution in [-0.4, -0.2) is 26.6 Å². The van der Waals surface area contributed by atoms with Crippen molar-refractivity contribution in [2.45, 2.75) is 11.8 Å². The molecule has 10 heteroatoms. The number of benzene rings is 1. The monoisotopic (exact) mass is 393 g/mol. The van der Waals surface area contributed by atoms with Crippen LogP contribution < -0.4 is 14.8 Å². The minimum atomic E-state index is -3.86. The molecule has 0 aliphatic carbocycles. The number of thiophene rings is 1. The second-order valence-electron chi connectivity index (χ2n) is 5.23. The average molecular weight is 393 g/mol. The van der Waals surface area contributed by atoms with E-state index in [1.54, 1.807) is 37.3 Å². The minimum absolute atomic E-state index is 0.0186. The second kappa shape index (κ2) is 7.18. The Bertz CT molecular complexity index is 1040. The van der Waals surface area contributed by atoms with Crippen LogP contribution in [0.15, 0.2) is 51.2 Å². The quantitative estimate of drug-likeness (QED) is 0.666.